The zero-order chi connectivity index (χ0) is 28.7. The first kappa shape index (κ1) is 33.8. The summed E-state index contributed by atoms with van der Waals surface area (Å²) in [5.41, 5.74) is -0.0158. The highest BCUT2D eigenvalue weighted by Gasteiger charge is 2.21. The predicted octanol–water partition coefficient (Wildman–Crippen LogP) is 10.6. The molecule has 0 atom stereocenters. The number of fused-ring (bicyclic) bond motifs is 1. The predicted molar refractivity (Wildman–Crippen MR) is 168 cm³/mol. The average Bonchev–Trinajstić information content (AvgIpc) is 2.96. The second-order valence-corrected chi connectivity index (χ2v) is 10.8. The van der Waals surface area contributed by atoms with Crippen molar-refractivity contribution in [1.29, 1.82) is 0 Å². The average molecular weight is 557 g/mol. The van der Waals surface area contributed by atoms with Crippen LogP contribution in [0.4, 0.5) is 0 Å². The van der Waals surface area contributed by atoms with Crippen molar-refractivity contribution in [2.24, 2.45) is 0 Å². The van der Waals surface area contributed by atoms with Gasteiger partial charge in [0.1, 0.15) is 16.7 Å². The molecule has 1 aromatic heterocycles. The maximum absolute atomic E-state index is 13.0. The molecule has 0 spiro atoms. The Morgan fingerprint density at radius 2 is 1.18 bits per heavy atom. The standard InChI is InChI=1S/C35H56O5/c1-4-7-10-13-15-17-19-22-28-38-33-32-30(37-27-21-12-9-6-3)25-24-26-31(32)40-35(36)34(33)39-29-23-20-18-16-14-11-8-5-2/h9,12,24-26H,4-8,10-11,13-23,27-29H2,1-3H3. The maximum Gasteiger partial charge on any atom is 0.383 e. The van der Waals surface area contributed by atoms with Gasteiger partial charge in [0.05, 0.1) is 19.8 Å². The highest BCUT2D eigenvalue weighted by molar-refractivity contribution is 5.91. The Hall–Kier alpha value is -2.43. The molecule has 226 valence electrons. The third-order valence-electron chi connectivity index (χ3n) is 7.24. The third-order valence-corrected chi connectivity index (χ3v) is 7.24. The van der Waals surface area contributed by atoms with E-state index < -0.39 is 5.63 Å². The van der Waals surface area contributed by atoms with Crippen LogP contribution in [0.2, 0.25) is 0 Å². The maximum atomic E-state index is 13.0. The molecule has 1 aromatic carbocycles. The molecule has 40 heavy (non-hydrogen) atoms. The minimum Gasteiger partial charge on any atom is -0.492 e. The molecule has 5 heteroatoms. The summed E-state index contributed by atoms with van der Waals surface area (Å²) < 4.78 is 24.2. The van der Waals surface area contributed by atoms with Gasteiger partial charge < -0.3 is 18.6 Å². The largest absolute Gasteiger partial charge is 0.492 e. The molecule has 0 fully saturated rings. The van der Waals surface area contributed by atoms with E-state index in [-0.39, 0.29) is 5.75 Å². The fraction of sp³-hybridized carbons (Fsp3) is 0.686. The monoisotopic (exact) mass is 556 g/mol. The van der Waals surface area contributed by atoms with Gasteiger partial charge in [0.15, 0.2) is 5.75 Å². The molecule has 0 aliphatic heterocycles. The summed E-state index contributed by atoms with van der Waals surface area (Å²) in [7, 11) is 0. The lowest BCUT2D eigenvalue weighted by atomic mass is 10.1. The molecule has 0 radical (unpaired) electrons. The van der Waals surface area contributed by atoms with Crippen LogP contribution < -0.4 is 19.8 Å². The second kappa shape index (κ2) is 22.3. The quantitative estimate of drug-likeness (QED) is 0.0691. The van der Waals surface area contributed by atoms with Gasteiger partial charge in [0.25, 0.3) is 0 Å². The summed E-state index contributed by atoms with van der Waals surface area (Å²) in [4.78, 5) is 13.0. The zero-order valence-electron chi connectivity index (χ0n) is 25.8. The van der Waals surface area contributed by atoms with Crippen LogP contribution in [-0.2, 0) is 0 Å². The Kier molecular flexibility index (Phi) is 18.8. The molecule has 0 N–H and O–H groups in total. The first-order valence-corrected chi connectivity index (χ1v) is 16.4. The van der Waals surface area contributed by atoms with Gasteiger partial charge >= 0.3 is 5.63 Å². The summed E-state index contributed by atoms with van der Waals surface area (Å²) in [6.07, 6.45) is 25.6. The number of hydrogen-bond donors (Lipinski definition) is 0. The van der Waals surface area contributed by atoms with Crippen LogP contribution >= 0.6 is 0 Å². The fourth-order valence-corrected chi connectivity index (χ4v) is 4.90. The van der Waals surface area contributed by atoms with Gasteiger partial charge in [-0.2, -0.15) is 0 Å². The van der Waals surface area contributed by atoms with Crippen molar-refractivity contribution in [3.05, 3.63) is 40.8 Å². The highest BCUT2D eigenvalue weighted by atomic mass is 16.5. The van der Waals surface area contributed by atoms with Gasteiger partial charge in [0.2, 0.25) is 5.75 Å². The van der Waals surface area contributed by atoms with Crippen LogP contribution in [0.15, 0.2) is 39.6 Å². The van der Waals surface area contributed by atoms with Gasteiger partial charge in [-0.25, -0.2) is 4.79 Å². The van der Waals surface area contributed by atoms with Crippen molar-refractivity contribution >= 4 is 11.0 Å². The molecule has 2 rings (SSSR count). The smallest absolute Gasteiger partial charge is 0.383 e. The van der Waals surface area contributed by atoms with E-state index in [2.05, 4.69) is 32.9 Å². The van der Waals surface area contributed by atoms with E-state index in [0.29, 0.717) is 42.3 Å². The molecule has 0 bridgehead atoms. The SMILES string of the molecule is CCC=CCCOc1cccc2oc(=O)c(OCCCCCCCCCC)c(OCCCCCCCCCC)c12. The number of unbranched alkanes of at least 4 members (excludes halogenated alkanes) is 14. The first-order valence-electron chi connectivity index (χ1n) is 16.4. The van der Waals surface area contributed by atoms with Crippen molar-refractivity contribution in [2.45, 2.75) is 136 Å². The summed E-state index contributed by atoms with van der Waals surface area (Å²) in [6.45, 7) is 8.17. The molecule has 1 heterocycles. The molecule has 0 aliphatic rings. The molecule has 0 saturated heterocycles. The summed E-state index contributed by atoms with van der Waals surface area (Å²) >= 11 is 0. The van der Waals surface area contributed by atoms with Crippen LogP contribution in [0.5, 0.6) is 17.2 Å². The molecule has 2 aromatic rings. The van der Waals surface area contributed by atoms with E-state index in [0.717, 1.165) is 38.5 Å². The van der Waals surface area contributed by atoms with Crippen LogP contribution in [0.1, 0.15) is 136 Å². The summed E-state index contributed by atoms with van der Waals surface area (Å²) in [5.74, 6) is 1.31. The van der Waals surface area contributed by atoms with E-state index in [1.165, 1.54) is 77.0 Å². The third kappa shape index (κ3) is 13.3. The van der Waals surface area contributed by atoms with Crippen molar-refractivity contribution in [3.8, 4) is 17.2 Å². The van der Waals surface area contributed by atoms with Gasteiger partial charge in [-0.05, 0) is 37.8 Å². The lowest BCUT2D eigenvalue weighted by Gasteiger charge is -2.16. The van der Waals surface area contributed by atoms with Crippen LogP contribution in [0.3, 0.4) is 0 Å². The molecular formula is C35H56O5. The van der Waals surface area contributed by atoms with Crippen molar-refractivity contribution in [2.75, 3.05) is 19.8 Å². The minimum atomic E-state index is -0.485. The number of rotatable bonds is 25. The van der Waals surface area contributed by atoms with E-state index in [1.807, 2.05) is 12.1 Å². The second-order valence-electron chi connectivity index (χ2n) is 10.8. The van der Waals surface area contributed by atoms with Crippen LogP contribution in [0.25, 0.3) is 11.0 Å². The van der Waals surface area contributed by atoms with E-state index in [4.69, 9.17) is 18.6 Å². The van der Waals surface area contributed by atoms with Gasteiger partial charge in [0, 0.05) is 0 Å². The van der Waals surface area contributed by atoms with Crippen molar-refractivity contribution in [3.63, 3.8) is 0 Å². The Morgan fingerprint density at radius 3 is 1.75 bits per heavy atom. The lowest BCUT2D eigenvalue weighted by Crippen LogP contribution is -2.12. The normalized spacial score (nSPS) is 11.5. The van der Waals surface area contributed by atoms with Gasteiger partial charge in [-0.3, -0.25) is 0 Å². The highest BCUT2D eigenvalue weighted by Crippen LogP contribution is 2.39. The molecule has 0 aliphatic carbocycles. The van der Waals surface area contributed by atoms with E-state index in [9.17, 15) is 4.79 Å². The Bertz CT molecular complexity index is 993. The van der Waals surface area contributed by atoms with Crippen molar-refractivity contribution in [1.82, 2.24) is 0 Å². The lowest BCUT2D eigenvalue weighted by molar-refractivity contribution is 0.249. The molecular weight excluding hydrogens is 500 g/mol. The van der Waals surface area contributed by atoms with E-state index in [1.54, 1.807) is 6.07 Å². The number of hydrogen-bond acceptors (Lipinski definition) is 5. The Morgan fingerprint density at radius 1 is 0.625 bits per heavy atom. The molecule has 0 amide bonds. The number of ether oxygens (including phenoxy) is 3. The molecule has 0 unspecified atom stereocenters. The summed E-state index contributed by atoms with van der Waals surface area (Å²) in [6, 6.07) is 5.56. The van der Waals surface area contributed by atoms with Gasteiger partial charge in [-0.1, -0.05) is 129 Å². The van der Waals surface area contributed by atoms with E-state index >= 15 is 0 Å². The van der Waals surface area contributed by atoms with Crippen molar-refractivity contribution < 1.29 is 18.6 Å². The molecule has 5 nitrogen and oxygen atoms in total. The van der Waals surface area contributed by atoms with Crippen LogP contribution in [0, 0.1) is 0 Å². The van der Waals surface area contributed by atoms with Gasteiger partial charge in [-0.15, -0.1) is 0 Å². The Balaban J connectivity index is 2.06. The Labute approximate surface area is 243 Å². The number of benzene rings is 1. The van der Waals surface area contributed by atoms with Crippen LogP contribution in [-0.4, -0.2) is 19.8 Å². The zero-order valence-corrected chi connectivity index (χ0v) is 25.8. The molecule has 0 saturated carbocycles. The fourth-order valence-electron chi connectivity index (χ4n) is 4.90. The summed E-state index contributed by atoms with van der Waals surface area (Å²) in [5, 5.41) is 0.687. The topological polar surface area (TPSA) is 57.9 Å². The number of allylic oxidation sites excluding steroid dienone is 1. The first-order chi connectivity index (χ1) is 19.7. The minimum absolute atomic E-state index is 0.178.